The molecule has 3 aromatic rings. The number of anilines is 4. The van der Waals surface area contributed by atoms with Crippen LogP contribution >= 0.6 is 19.4 Å². The standard InChI is InChI=1S/C21H22ClN10O6P/c1-2-25-18-19-26-9-12(8-24)32(19)30-20(29-18)27-14-5-11(7-23)6-15(17(14)22)31-4-3-13(28-21(33)34)16(10-31)38-39(35,36)37/h5-6,9,13,16,28H,2-4,10H2,1H3,(H,33,34)(H2,35,36,37)(H2,25,27,29,30)/t13-,16+/m0/s1. The summed E-state index contributed by atoms with van der Waals surface area (Å²) in [5.41, 5.74) is 1.28. The lowest BCUT2D eigenvalue weighted by Crippen LogP contribution is -2.54. The lowest BCUT2D eigenvalue weighted by atomic mass is 10.0. The zero-order valence-corrected chi connectivity index (χ0v) is 21.9. The Morgan fingerprint density at radius 1 is 1.33 bits per heavy atom. The third kappa shape index (κ3) is 6.28. The first-order valence-corrected chi connectivity index (χ1v) is 13.3. The molecule has 18 heteroatoms. The Morgan fingerprint density at radius 2 is 2.10 bits per heavy atom. The van der Waals surface area contributed by atoms with Gasteiger partial charge in [0.25, 0.3) is 0 Å². The largest absolute Gasteiger partial charge is 0.469 e. The highest BCUT2D eigenvalue weighted by Crippen LogP contribution is 2.42. The van der Waals surface area contributed by atoms with Gasteiger partial charge in [0.2, 0.25) is 5.95 Å². The summed E-state index contributed by atoms with van der Waals surface area (Å²) in [4.78, 5) is 40.1. The second-order valence-corrected chi connectivity index (χ2v) is 9.89. The molecular weight excluding hydrogens is 555 g/mol. The second kappa shape index (κ2) is 11.3. The summed E-state index contributed by atoms with van der Waals surface area (Å²) in [7, 11) is -4.96. The average molecular weight is 577 g/mol. The second-order valence-electron chi connectivity index (χ2n) is 8.32. The smallest absolute Gasteiger partial charge is 0.465 e. The lowest BCUT2D eigenvalue weighted by molar-refractivity contribution is 0.0903. The molecule has 1 fully saturated rings. The quantitative estimate of drug-likeness (QED) is 0.210. The van der Waals surface area contributed by atoms with E-state index in [4.69, 9.17) is 21.2 Å². The number of amides is 1. The molecular formula is C21H22ClN10O6P. The highest BCUT2D eigenvalue weighted by molar-refractivity contribution is 7.46. The van der Waals surface area contributed by atoms with E-state index in [2.05, 4.69) is 31.0 Å². The van der Waals surface area contributed by atoms with Crippen molar-refractivity contribution in [1.82, 2.24) is 24.9 Å². The maximum absolute atomic E-state index is 11.5. The summed E-state index contributed by atoms with van der Waals surface area (Å²) >= 11 is 6.72. The number of rotatable bonds is 8. The Bertz CT molecular complexity index is 1550. The summed E-state index contributed by atoms with van der Waals surface area (Å²) in [6.45, 7) is 2.46. The number of hydrogen-bond donors (Lipinski definition) is 6. The molecule has 3 heterocycles. The van der Waals surface area contributed by atoms with Crippen LogP contribution in [0.1, 0.15) is 24.6 Å². The van der Waals surface area contributed by atoms with Crippen LogP contribution in [0.15, 0.2) is 18.3 Å². The SMILES string of the molecule is CCNc1nc(Nc2cc(C#N)cc(N3CC[C@H](NC(=O)O)[C@H](OP(=O)(O)O)C3)c2Cl)nn2c(C#N)cnc12. The summed E-state index contributed by atoms with van der Waals surface area (Å²) in [5, 5.41) is 40.9. The first kappa shape index (κ1) is 27.8. The molecule has 1 aliphatic heterocycles. The van der Waals surface area contributed by atoms with Crippen LogP contribution in [0.5, 0.6) is 0 Å². The molecule has 2 aromatic heterocycles. The number of halogens is 1. The first-order chi connectivity index (χ1) is 18.5. The van der Waals surface area contributed by atoms with Gasteiger partial charge in [0.1, 0.15) is 12.2 Å². The van der Waals surface area contributed by atoms with Crippen molar-refractivity contribution in [3.05, 3.63) is 34.6 Å². The molecule has 1 aliphatic rings. The average Bonchev–Trinajstić information content (AvgIpc) is 3.28. The molecule has 0 unspecified atom stereocenters. The van der Waals surface area contributed by atoms with Crippen LogP contribution in [0, 0.1) is 22.7 Å². The van der Waals surface area contributed by atoms with Crippen molar-refractivity contribution < 1.29 is 28.8 Å². The van der Waals surface area contributed by atoms with Crippen molar-refractivity contribution in [2.45, 2.75) is 25.5 Å². The van der Waals surface area contributed by atoms with E-state index in [9.17, 15) is 29.7 Å². The van der Waals surface area contributed by atoms with Gasteiger partial charge in [-0.3, -0.25) is 4.52 Å². The first-order valence-electron chi connectivity index (χ1n) is 11.4. The third-order valence-corrected chi connectivity index (χ3v) is 6.67. The van der Waals surface area contributed by atoms with Gasteiger partial charge < -0.3 is 35.7 Å². The monoisotopic (exact) mass is 576 g/mol. The third-order valence-electron chi connectivity index (χ3n) is 5.73. The number of hydrogen-bond acceptors (Lipinski definition) is 11. The number of nitriles is 2. The summed E-state index contributed by atoms with van der Waals surface area (Å²) in [6, 6.07) is 6.10. The van der Waals surface area contributed by atoms with Gasteiger partial charge in [0.05, 0.1) is 40.3 Å². The number of carbonyl (C=O) groups is 1. The number of fused-ring (bicyclic) bond motifs is 1. The number of nitrogens with one attached hydrogen (secondary N) is 3. The Kier molecular flexibility index (Phi) is 8.06. The van der Waals surface area contributed by atoms with Crippen LogP contribution in [0.2, 0.25) is 5.02 Å². The molecule has 0 bridgehead atoms. The van der Waals surface area contributed by atoms with Gasteiger partial charge in [-0.1, -0.05) is 11.6 Å². The number of phosphoric ester groups is 1. The van der Waals surface area contributed by atoms with E-state index in [1.165, 1.54) is 22.8 Å². The Balaban J connectivity index is 1.71. The normalized spacial score (nSPS) is 17.3. The van der Waals surface area contributed by atoms with Crippen LogP contribution in [-0.2, 0) is 9.09 Å². The number of imidazole rings is 1. The van der Waals surface area contributed by atoms with Crippen molar-refractivity contribution in [2.75, 3.05) is 35.2 Å². The van der Waals surface area contributed by atoms with Crippen molar-refractivity contribution >= 4 is 54.3 Å². The van der Waals surface area contributed by atoms with Crippen LogP contribution in [0.3, 0.4) is 0 Å². The van der Waals surface area contributed by atoms with Gasteiger partial charge >= 0.3 is 13.9 Å². The summed E-state index contributed by atoms with van der Waals surface area (Å²) in [5.74, 6) is 0.401. The molecule has 1 saturated heterocycles. The van der Waals surface area contributed by atoms with Crippen LogP contribution in [0.25, 0.3) is 5.65 Å². The highest BCUT2D eigenvalue weighted by Gasteiger charge is 2.36. The molecule has 0 saturated carbocycles. The fourth-order valence-corrected chi connectivity index (χ4v) is 5.00. The highest BCUT2D eigenvalue weighted by atomic mass is 35.5. The fraction of sp³-hybridized carbons (Fsp3) is 0.333. The van der Waals surface area contributed by atoms with Gasteiger partial charge in [0, 0.05) is 19.6 Å². The molecule has 4 rings (SSSR count). The topological polar surface area (TPSA) is 234 Å². The predicted molar refractivity (Wildman–Crippen MR) is 138 cm³/mol. The van der Waals surface area contributed by atoms with Crippen LogP contribution in [0.4, 0.5) is 27.9 Å². The Labute approximate surface area is 226 Å². The number of carboxylic acid groups (broad SMARTS) is 1. The maximum atomic E-state index is 11.5. The summed E-state index contributed by atoms with van der Waals surface area (Å²) in [6.07, 6.45) is -1.09. The van der Waals surface area contributed by atoms with Crippen molar-refractivity contribution in [3.8, 4) is 12.1 Å². The lowest BCUT2D eigenvalue weighted by Gasteiger charge is -2.39. The number of aromatic nitrogens is 4. The van der Waals surface area contributed by atoms with E-state index in [0.717, 1.165) is 0 Å². The molecule has 0 radical (unpaired) electrons. The van der Waals surface area contributed by atoms with Crippen molar-refractivity contribution in [1.29, 1.82) is 10.5 Å². The zero-order chi connectivity index (χ0) is 28.3. The van der Waals surface area contributed by atoms with Crippen LogP contribution < -0.4 is 20.9 Å². The van der Waals surface area contributed by atoms with E-state index in [0.29, 0.717) is 23.7 Å². The Hall–Kier alpha value is -4.18. The molecule has 6 N–H and O–H groups in total. The Morgan fingerprint density at radius 3 is 2.74 bits per heavy atom. The minimum Gasteiger partial charge on any atom is -0.465 e. The van der Waals surface area contributed by atoms with E-state index in [-0.39, 0.29) is 47.4 Å². The van der Waals surface area contributed by atoms with E-state index < -0.39 is 26.1 Å². The van der Waals surface area contributed by atoms with Crippen molar-refractivity contribution in [3.63, 3.8) is 0 Å². The molecule has 204 valence electrons. The van der Waals surface area contributed by atoms with E-state index >= 15 is 0 Å². The molecule has 0 aliphatic carbocycles. The molecule has 1 aromatic carbocycles. The zero-order valence-electron chi connectivity index (χ0n) is 20.2. The number of nitrogens with zero attached hydrogens (tertiary/aromatic N) is 7. The number of piperidine rings is 1. The van der Waals surface area contributed by atoms with Gasteiger partial charge in [-0.05, 0) is 25.5 Å². The van der Waals surface area contributed by atoms with Gasteiger partial charge in [-0.15, -0.1) is 5.10 Å². The van der Waals surface area contributed by atoms with E-state index in [1.807, 2.05) is 19.1 Å². The number of benzene rings is 1. The van der Waals surface area contributed by atoms with Gasteiger partial charge in [-0.25, -0.2) is 14.3 Å². The van der Waals surface area contributed by atoms with Crippen molar-refractivity contribution in [2.24, 2.45) is 0 Å². The number of phosphoric acid groups is 1. The molecule has 2 atom stereocenters. The maximum Gasteiger partial charge on any atom is 0.469 e. The van der Waals surface area contributed by atoms with Gasteiger partial charge in [-0.2, -0.15) is 20.0 Å². The van der Waals surface area contributed by atoms with Gasteiger partial charge in [0.15, 0.2) is 17.2 Å². The molecule has 0 spiro atoms. The minimum absolute atomic E-state index is 0.0444. The minimum atomic E-state index is -4.96. The molecule has 39 heavy (non-hydrogen) atoms. The fourth-order valence-electron chi connectivity index (χ4n) is 4.15. The molecule has 1 amide bonds. The summed E-state index contributed by atoms with van der Waals surface area (Å²) < 4.78 is 17.7. The van der Waals surface area contributed by atoms with E-state index in [1.54, 1.807) is 4.90 Å². The predicted octanol–water partition coefficient (Wildman–Crippen LogP) is 2.02. The van der Waals surface area contributed by atoms with Crippen LogP contribution in [-0.4, -0.2) is 72.3 Å². The molecule has 16 nitrogen and oxygen atoms in total.